The topological polar surface area (TPSA) is 78.5 Å². The van der Waals surface area contributed by atoms with Crippen LogP contribution in [0.2, 0.25) is 0 Å². The van der Waals surface area contributed by atoms with Crippen molar-refractivity contribution < 1.29 is 14.4 Å². The van der Waals surface area contributed by atoms with Gasteiger partial charge in [-0.1, -0.05) is 61.4 Å². The number of carbonyl (C=O) groups is 3. The molecule has 2 fully saturated rings. The molecule has 1 atom stereocenters. The van der Waals surface area contributed by atoms with Crippen molar-refractivity contribution in [3.63, 3.8) is 0 Å². The summed E-state index contributed by atoms with van der Waals surface area (Å²) in [4.78, 5) is 40.1. The van der Waals surface area contributed by atoms with Crippen molar-refractivity contribution in [2.75, 3.05) is 6.54 Å². The number of hydrogen-bond acceptors (Lipinski definition) is 3. The number of urea groups is 1. The Hall–Kier alpha value is -3.15. The second-order valence-electron chi connectivity index (χ2n) is 8.29. The van der Waals surface area contributed by atoms with Gasteiger partial charge in [0, 0.05) is 6.04 Å². The summed E-state index contributed by atoms with van der Waals surface area (Å²) in [5, 5.41) is 5.86. The van der Waals surface area contributed by atoms with Gasteiger partial charge in [0.15, 0.2) is 5.54 Å². The van der Waals surface area contributed by atoms with E-state index >= 15 is 0 Å². The van der Waals surface area contributed by atoms with E-state index in [1.54, 1.807) is 0 Å². The lowest BCUT2D eigenvalue weighted by molar-refractivity contribution is -0.134. The summed E-state index contributed by atoms with van der Waals surface area (Å²) < 4.78 is 0. The highest BCUT2D eigenvalue weighted by molar-refractivity contribution is 6.11. The summed E-state index contributed by atoms with van der Waals surface area (Å²) in [6.45, 7) is 3.70. The molecule has 0 spiro atoms. The van der Waals surface area contributed by atoms with E-state index in [4.69, 9.17) is 0 Å². The fourth-order valence-electron chi connectivity index (χ4n) is 4.43. The Labute approximate surface area is 176 Å². The van der Waals surface area contributed by atoms with E-state index in [9.17, 15) is 14.4 Å². The summed E-state index contributed by atoms with van der Waals surface area (Å²) in [6.07, 6.45) is 4.08. The number of benzene rings is 2. The molecular weight excluding hydrogens is 378 g/mol. The number of aryl methyl sites for hydroxylation is 2. The van der Waals surface area contributed by atoms with Gasteiger partial charge in [0.1, 0.15) is 6.54 Å². The first kappa shape index (κ1) is 20.1. The van der Waals surface area contributed by atoms with E-state index in [1.165, 1.54) is 0 Å². The average molecular weight is 405 g/mol. The van der Waals surface area contributed by atoms with Gasteiger partial charge in [-0.2, -0.15) is 0 Å². The molecule has 1 aliphatic carbocycles. The molecule has 30 heavy (non-hydrogen) atoms. The van der Waals surface area contributed by atoms with Crippen LogP contribution < -0.4 is 10.6 Å². The summed E-state index contributed by atoms with van der Waals surface area (Å²) >= 11 is 0. The molecule has 6 nitrogen and oxygen atoms in total. The fraction of sp³-hybridized carbons (Fsp3) is 0.375. The molecule has 2 aromatic carbocycles. The minimum absolute atomic E-state index is 0.136. The predicted molar refractivity (Wildman–Crippen MR) is 114 cm³/mol. The maximum absolute atomic E-state index is 13.7. The van der Waals surface area contributed by atoms with Crippen LogP contribution in [0, 0.1) is 13.8 Å². The normalized spacial score (nSPS) is 21.7. The van der Waals surface area contributed by atoms with Crippen LogP contribution in [-0.4, -0.2) is 35.3 Å². The number of rotatable bonds is 5. The van der Waals surface area contributed by atoms with Crippen LogP contribution in [0.1, 0.15) is 47.9 Å². The van der Waals surface area contributed by atoms with Crippen LogP contribution >= 0.6 is 0 Å². The molecule has 2 aromatic rings. The molecule has 0 radical (unpaired) electrons. The first-order valence-electron chi connectivity index (χ1n) is 10.5. The van der Waals surface area contributed by atoms with E-state index in [2.05, 4.69) is 10.6 Å². The molecule has 4 amide bonds. The third-order valence-electron chi connectivity index (χ3n) is 6.27. The second-order valence-corrected chi connectivity index (χ2v) is 8.29. The van der Waals surface area contributed by atoms with Crippen molar-refractivity contribution in [2.45, 2.75) is 51.1 Å². The summed E-state index contributed by atoms with van der Waals surface area (Å²) in [5.41, 5.74) is 2.15. The molecule has 4 rings (SSSR count). The van der Waals surface area contributed by atoms with Crippen molar-refractivity contribution in [2.24, 2.45) is 0 Å². The first-order valence-corrected chi connectivity index (χ1v) is 10.5. The van der Waals surface area contributed by atoms with Crippen molar-refractivity contribution in [3.8, 4) is 0 Å². The van der Waals surface area contributed by atoms with Gasteiger partial charge in [0.05, 0.1) is 0 Å². The van der Waals surface area contributed by atoms with E-state index in [0.29, 0.717) is 11.1 Å². The number of imide groups is 1. The Morgan fingerprint density at radius 1 is 1.03 bits per heavy atom. The third-order valence-corrected chi connectivity index (χ3v) is 6.27. The minimum atomic E-state index is -1.34. The molecule has 0 bridgehead atoms. The number of carbonyl (C=O) groups excluding carboxylic acids is 3. The van der Waals surface area contributed by atoms with Gasteiger partial charge >= 0.3 is 6.03 Å². The molecule has 1 aliphatic heterocycles. The molecule has 1 saturated carbocycles. The van der Waals surface area contributed by atoms with Gasteiger partial charge in [0.25, 0.3) is 5.91 Å². The maximum Gasteiger partial charge on any atom is 0.326 e. The van der Waals surface area contributed by atoms with Crippen LogP contribution in [0.3, 0.4) is 0 Å². The molecular formula is C24H27N3O3. The van der Waals surface area contributed by atoms with Crippen molar-refractivity contribution in [3.05, 3.63) is 70.8 Å². The molecule has 6 heteroatoms. The monoisotopic (exact) mass is 405 g/mol. The minimum Gasteiger partial charge on any atom is -0.352 e. The van der Waals surface area contributed by atoms with Crippen LogP contribution in [0.5, 0.6) is 0 Å². The van der Waals surface area contributed by atoms with Crippen molar-refractivity contribution >= 4 is 17.8 Å². The van der Waals surface area contributed by atoms with Crippen LogP contribution in [0.15, 0.2) is 48.5 Å². The molecule has 0 aromatic heterocycles. The van der Waals surface area contributed by atoms with Crippen LogP contribution in [0.4, 0.5) is 4.79 Å². The fourth-order valence-corrected chi connectivity index (χ4v) is 4.43. The van der Waals surface area contributed by atoms with Gasteiger partial charge in [-0.05, 0) is 48.9 Å². The van der Waals surface area contributed by atoms with Crippen LogP contribution in [-0.2, 0) is 15.1 Å². The quantitative estimate of drug-likeness (QED) is 0.750. The lowest BCUT2D eigenvalue weighted by Gasteiger charge is -2.28. The average Bonchev–Trinajstić information content (AvgIpc) is 3.33. The Kier molecular flexibility index (Phi) is 5.33. The second kappa shape index (κ2) is 7.94. The van der Waals surface area contributed by atoms with Crippen molar-refractivity contribution in [1.29, 1.82) is 0 Å². The zero-order valence-corrected chi connectivity index (χ0v) is 17.4. The van der Waals surface area contributed by atoms with Gasteiger partial charge in [-0.3, -0.25) is 14.5 Å². The Morgan fingerprint density at radius 2 is 1.73 bits per heavy atom. The molecule has 2 N–H and O–H groups in total. The smallest absolute Gasteiger partial charge is 0.326 e. The molecule has 0 unspecified atom stereocenters. The molecule has 1 heterocycles. The van der Waals surface area contributed by atoms with E-state index in [0.717, 1.165) is 41.7 Å². The summed E-state index contributed by atoms with van der Waals surface area (Å²) in [6, 6.07) is 14.5. The SMILES string of the molecule is Cc1ccc([C@]2(c3ccccc3)NC(=O)N(CC(=O)NC3CCCC3)C2=O)cc1C. The highest BCUT2D eigenvalue weighted by Crippen LogP contribution is 2.36. The van der Waals surface area contributed by atoms with Gasteiger partial charge in [-0.15, -0.1) is 0 Å². The predicted octanol–water partition coefficient (Wildman–Crippen LogP) is 3.16. The zero-order chi connectivity index (χ0) is 21.3. The van der Waals surface area contributed by atoms with Crippen LogP contribution in [0.25, 0.3) is 0 Å². The maximum atomic E-state index is 13.7. The number of amides is 4. The third kappa shape index (κ3) is 3.47. The van der Waals surface area contributed by atoms with Gasteiger partial charge in [-0.25, -0.2) is 4.79 Å². The van der Waals surface area contributed by atoms with Gasteiger partial charge in [0.2, 0.25) is 5.91 Å². The number of hydrogen-bond donors (Lipinski definition) is 2. The zero-order valence-electron chi connectivity index (χ0n) is 17.4. The molecule has 2 aliphatic rings. The summed E-state index contributed by atoms with van der Waals surface area (Å²) in [7, 11) is 0. The number of nitrogens with zero attached hydrogens (tertiary/aromatic N) is 1. The molecule has 1 saturated heterocycles. The van der Waals surface area contributed by atoms with Crippen molar-refractivity contribution in [1.82, 2.24) is 15.5 Å². The lowest BCUT2D eigenvalue weighted by atomic mass is 9.81. The van der Waals surface area contributed by atoms with E-state index in [-0.39, 0.29) is 18.5 Å². The van der Waals surface area contributed by atoms with E-state index in [1.807, 2.05) is 62.4 Å². The Balaban J connectivity index is 1.68. The number of nitrogens with one attached hydrogen (secondary N) is 2. The Morgan fingerprint density at radius 3 is 2.40 bits per heavy atom. The highest BCUT2D eigenvalue weighted by atomic mass is 16.2. The largest absolute Gasteiger partial charge is 0.352 e. The Bertz CT molecular complexity index is 982. The highest BCUT2D eigenvalue weighted by Gasteiger charge is 2.54. The van der Waals surface area contributed by atoms with E-state index < -0.39 is 17.5 Å². The summed E-state index contributed by atoms with van der Waals surface area (Å²) in [5.74, 6) is -0.724. The standard InChI is InChI=1S/C24H27N3O3/c1-16-12-13-19(14-17(16)2)24(18-8-4-3-5-9-18)22(29)27(23(30)26-24)15-21(28)25-20-10-6-7-11-20/h3-5,8-9,12-14,20H,6-7,10-11,15H2,1-2H3,(H,25,28)(H,26,30)/t24-/m0/s1. The molecule has 156 valence electrons. The van der Waals surface area contributed by atoms with Gasteiger partial charge < -0.3 is 10.6 Å². The lowest BCUT2D eigenvalue weighted by Crippen LogP contribution is -2.46. The first-order chi connectivity index (χ1) is 14.4.